The van der Waals surface area contributed by atoms with Crippen LogP contribution >= 0.6 is 45.5 Å². The molecule has 2 rings (SSSR count). The first-order valence-corrected chi connectivity index (χ1v) is 8.42. The Labute approximate surface area is 136 Å². The molecule has 0 bridgehead atoms. The average Bonchev–Trinajstić information content (AvgIpc) is 2.78. The van der Waals surface area contributed by atoms with Crippen molar-refractivity contribution in [2.24, 2.45) is 0 Å². The molecule has 1 N–H and O–H groups in total. The van der Waals surface area contributed by atoms with Gasteiger partial charge in [-0.1, -0.05) is 25.4 Å². The highest BCUT2D eigenvalue weighted by atomic mass is 127. The number of anilines is 1. The molecule has 0 radical (unpaired) electrons. The first-order valence-electron chi connectivity index (χ1n) is 6.08. The summed E-state index contributed by atoms with van der Waals surface area (Å²) in [4.78, 5) is 10.3. The number of aromatic nitrogens is 2. The Hall–Kier alpha value is -0.400. The molecule has 0 atom stereocenters. The van der Waals surface area contributed by atoms with Crippen molar-refractivity contribution in [1.82, 2.24) is 9.97 Å². The minimum Gasteiger partial charge on any atom is -0.369 e. The van der Waals surface area contributed by atoms with Gasteiger partial charge in [0.1, 0.15) is 5.82 Å². The Morgan fingerprint density at radius 1 is 1.42 bits per heavy atom. The van der Waals surface area contributed by atoms with Crippen LogP contribution in [-0.4, -0.2) is 16.5 Å². The molecule has 0 aliphatic carbocycles. The molecule has 2 aromatic rings. The van der Waals surface area contributed by atoms with E-state index in [1.54, 1.807) is 11.3 Å². The number of thiophene rings is 1. The molecule has 0 aliphatic rings. The number of hydrogen-bond donors (Lipinski definition) is 1. The van der Waals surface area contributed by atoms with E-state index in [4.69, 9.17) is 16.6 Å². The number of halogens is 2. The maximum Gasteiger partial charge on any atom is 0.171 e. The standard InChI is InChI=1S/C13H15ClIN3S/c1-4-16-13-10(15)11(7(2)3)17-12(18-13)9-5-8(14)6-19-9/h5-7H,4H2,1-3H3,(H,16,17,18). The van der Waals surface area contributed by atoms with Crippen LogP contribution in [0.1, 0.15) is 32.4 Å². The molecular formula is C13H15ClIN3S. The molecule has 0 unspecified atom stereocenters. The molecule has 2 heterocycles. The van der Waals surface area contributed by atoms with E-state index in [-0.39, 0.29) is 0 Å². The van der Waals surface area contributed by atoms with Crippen molar-refractivity contribution >= 4 is 51.3 Å². The summed E-state index contributed by atoms with van der Waals surface area (Å²) >= 11 is 9.86. The first-order chi connectivity index (χ1) is 9.02. The van der Waals surface area contributed by atoms with E-state index in [1.807, 2.05) is 11.4 Å². The first kappa shape index (κ1) is 15.0. The molecule has 0 spiro atoms. The van der Waals surface area contributed by atoms with Crippen LogP contribution in [0.2, 0.25) is 5.02 Å². The summed E-state index contributed by atoms with van der Waals surface area (Å²) in [6.45, 7) is 7.20. The average molecular weight is 408 g/mol. The van der Waals surface area contributed by atoms with Gasteiger partial charge >= 0.3 is 0 Å². The summed E-state index contributed by atoms with van der Waals surface area (Å²) in [5, 5.41) is 5.94. The Morgan fingerprint density at radius 2 is 2.16 bits per heavy atom. The maximum absolute atomic E-state index is 5.98. The smallest absolute Gasteiger partial charge is 0.171 e. The van der Waals surface area contributed by atoms with Crippen molar-refractivity contribution in [3.8, 4) is 10.7 Å². The van der Waals surface area contributed by atoms with Crippen LogP contribution in [0.25, 0.3) is 10.7 Å². The lowest BCUT2D eigenvalue weighted by molar-refractivity contribution is 0.809. The van der Waals surface area contributed by atoms with E-state index in [0.717, 1.165) is 37.4 Å². The van der Waals surface area contributed by atoms with Crippen molar-refractivity contribution in [2.45, 2.75) is 26.7 Å². The van der Waals surface area contributed by atoms with Crippen LogP contribution < -0.4 is 5.32 Å². The largest absolute Gasteiger partial charge is 0.369 e. The normalized spacial score (nSPS) is 11.1. The van der Waals surface area contributed by atoms with Crippen LogP contribution in [0.3, 0.4) is 0 Å². The van der Waals surface area contributed by atoms with Crippen LogP contribution in [0.5, 0.6) is 0 Å². The van der Waals surface area contributed by atoms with E-state index in [2.05, 4.69) is 53.7 Å². The molecule has 0 saturated carbocycles. The summed E-state index contributed by atoms with van der Waals surface area (Å²) in [5.74, 6) is 2.01. The van der Waals surface area contributed by atoms with E-state index in [0.29, 0.717) is 5.92 Å². The molecule has 2 aromatic heterocycles. The van der Waals surface area contributed by atoms with Crippen LogP contribution in [0.4, 0.5) is 5.82 Å². The molecule has 19 heavy (non-hydrogen) atoms. The third kappa shape index (κ3) is 3.38. The van der Waals surface area contributed by atoms with Crippen molar-refractivity contribution in [1.29, 1.82) is 0 Å². The number of nitrogens with one attached hydrogen (secondary N) is 1. The third-order valence-electron chi connectivity index (χ3n) is 2.56. The van der Waals surface area contributed by atoms with Crippen LogP contribution in [0.15, 0.2) is 11.4 Å². The van der Waals surface area contributed by atoms with Gasteiger partial charge in [0.25, 0.3) is 0 Å². The van der Waals surface area contributed by atoms with E-state index in [1.165, 1.54) is 0 Å². The summed E-state index contributed by atoms with van der Waals surface area (Å²) in [6, 6.07) is 1.91. The van der Waals surface area contributed by atoms with Gasteiger partial charge in [-0.2, -0.15) is 0 Å². The van der Waals surface area contributed by atoms with Crippen LogP contribution in [0, 0.1) is 3.57 Å². The number of hydrogen-bond acceptors (Lipinski definition) is 4. The topological polar surface area (TPSA) is 37.8 Å². The summed E-state index contributed by atoms with van der Waals surface area (Å²) in [5.41, 5.74) is 1.08. The van der Waals surface area contributed by atoms with Crippen molar-refractivity contribution in [3.05, 3.63) is 25.7 Å². The van der Waals surface area contributed by atoms with Gasteiger partial charge in [0.15, 0.2) is 5.82 Å². The highest BCUT2D eigenvalue weighted by molar-refractivity contribution is 14.1. The Bertz CT molecular complexity index is 583. The second-order valence-electron chi connectivity index (χ2n) is 4.41. The second-order valence-corrected chi connectivity index (χ2v) is 6.84. The van der Waals surface area contributed by atoms with Gasteiger partial charge in [-0.3, -0.25) is 0 Å². The summed E-state index contributed by atoms with van der Waals surface area (Å²) in [6.07, 6.45) is 0. The predicted octanol–water partition coefficient (Wildman–Crippen LogP) is 5.02. The lowest BCUT2D eigenvalue weighted by atomic mass is 10.1. The molecule has 0 amide bonds. The van der Waals surface area contributed by atoms with Gasteiger partial charge in [0.2, 0.25) is 0 Å². The van der Waals surface area contributed by atoms with Gasteiger partial charge in [0, 0.05) is 11.9 Å². The van der Waals surface area contributed by atoms with E-state index >= 15 is 0 Å². The van der Waals surface area contributed by atoms with Crippen molar-refractivity contribution < 1.29 is 0 Å². The third-order valence-corrected chi connectivity index (χ3v) is 4.89. The maximum atomic E-state index is 5.98. The van der Waals surface area contributed by atoms with Gasteiger partial charge in [0.05, 0.1) is 19.2 Å². The minimum absolute atomic E-state index is 0.362. The lowest BCUT2D eigenvalue weighted by Crippen LogP contribution is -2.08. The molecule has 0 fully saturated rings. The lowest BCUT2D eigenvalue weighted by Gasteiger charge is -2.13. The van der Waals surface area contributed by atoms with Gasteiger partial charge < -0.3 is 5.32 Å². The highest BCUT2D eigenvalue weighted by Gasteiger charge is 2.16. The monoisotopic (exact) mass is 407 g/mol. The molecule has 102 valence electrons. The molecule has 0 aliphatic heterocycles. The second kappa shape index (κ2) is 6.37. The predicted molar refractivity (Wildman–Crippen MR) is 91.3 cm³/mol. The fourth-order valence-electron chi connectivity index (χ4n) is 1.67. The van der Waals surface area contributed by atoms with E-state index in [9.17, 15) is 0 Å². The SMILES string of the molecule is CCNc1nc(-c2cc(Cl)cs2)nc(C(C)C)c1I. The zero-order chi connectivity index (χ0) is 14.0. The van der Waals surface area contributed by atoms with Crippen LogP contribution in [-0.2, 0) is 0 Å². The zero-order valence-corrected chi connectivity index (χ0v) is 14.7. The summed E-state index contributed by atoms with van der Waals surface area (Å²) in [7, 11) is 0. The molecule has 6 heteroatoms. The molecule has 0 saturated heterocycles. The Kier molecular flexibility index (Phi) is 5.03. The molecular weight excluding hydrogens is 393 g/mol. The fourth-order valence-corrected chi connectivity index (χ4v) is 3.73. The molecule has 0 aromatic carbocycles. The number of rotatable bonds is 4. The Morgan fingerprint density at radius 3 is 2.68 bits per heavy atom. The highest BCUT2D eigenvalue weighted by Crippen LogP contribution is 2.32. The van der Waals surface area contributed by atoms with Crippen molar-refractivity contribution in [3.63, 3.8) is 0 Å². The fraction of sp³-hybridized carbons (Fsp3) is 0.385. The van der Waals surface area contributed by atoms with E-state index < -0.39 is 0 Å². The van der Waals surface area contributed by atoms with Crippen molar-refractivity contribution in [2.75, 3.05) is 11.9 Å². The minimum atomic E-state index is 0.362. The zero-order valence-electron chi connectivity index (χ0n) is 11.0. The number of nitrogens with zero attached hydrogens (tertiary/aromatic N) is 2. The van der Waals surface area contributed by atoms with Gasteiger partial charge in [-0.05, 0) is 41.5 Å². The quantitative estimate of drug-likeness (QED) is 0.723. The molecule has 3 nitrogen and oxygen atoms in total. The Balaban J connectivity index is 2.55. The van der Waals surface area contributed by atoms with Gasteiger partial charge in [-0.15, -0.1) is 11.3 Å². The van der Waals surface area contributed by atoms with Gasteiger partial charge in [-0.25, -0.2) is 9.97 Å². The summed E-state index contributed by atoms with van der Waals surface area (Å²) < 4.78 is 1.10.